The lowest BCUT2D eigenvalue weighted by atomic mass is 10.2. The predicted molar refractivity (Wildman–Crippen MR) is 79.4 cm³/mol. The average molecular weight is 286 g/mol. The molecule has 5 heteroatoms. The highest BCUT2D eigenvalue weighted by atomic mass is 32.1. The lowest BCUT2D eigenvalue weighted by Crippen LogP contribution is -2.20. The maximum atomic E-state index is 13.0. The van der Waals surface area contributed by atoms with Crippen LogP contribution < -0.4 is 5.56 Å². The molecule has 1 aromatic heterocycles. The average Bonchev–Trinajstić information content (AvgIpc) is 2.40. The first-order valence-electron chi connectivity index (χ1n) is 6.08. The molecule has 1 N–H and O–H groups in total. The number of fused-ring (bicyclic) bond motifs is 1. The molecule has 0 saturated heterocycles. The van der Waals surface area contributed by atoms with E-state index < -0.39 is 0 Å². The van der Waals surface area contributed by atoms with Crippen molar-refractivity contribution in [3.8, 4) is 5.69 Å². The Morgan fingerprint density at radius 1 is 1.15 bits per heavy atom. The van der Waals surface area contributed by atoms with E-state index in [4.69, 9.17) is 12.2 Å². The van der Waals surface area contributed by atoms with Crippen LogP contribution in [0.4, 0.5) is 4.39 Å². The molecule has 3 rings (SSSR count). The minimum absolute atomic E-state index is 0.213. The number of aryl methyl sites for hydroxylation is 1. The number of nitrogens with one attached hydrogen (secondary N) is 1. The number of aromatic nitrogens is 2. The Kier molecular flexibility index (Phi) is 2.99. The first-order valence-corrected chi connectivity index (χ1v) is 6.49. The van der Waals surface area contributed by atoms with E-state index in [-0.39, 0.29) is 11.4 Å². The largest absolute Gasteiger partial charge is 0.331 e. The summed E-state index contributed by atoms with van der Waals surface area (Å²) in [6, 6.07) is 11.2. The Labute approximate surface area is 119 Å². The topological polar surface area (TPSA) is 37.8 Å². The third-order valence-corrected chi connectivity index (χ3v) is 3.42. The van der Waals surface area contributed by atoms with E-state index in [1.54, 1.807) is 6.07 Å². The fraction of sp³-hybridized carbons (Fsp3) is 0.0667. The van der Waals surface area contributed by atoms with Crippen LogP contribution in [0.2, 0.25) is 0 Å². The molecule has 3 nitrogen and oxygen atoms in total. The van der Waals surface area contributed by atoms with Gasteiger partial charge in [-0.1, -0.05) is 6.07 Å². The van der Waals surface area contributed by atoms with Gasteiger partial charge < -0.3 is 4.98 Å². The molecule has 0 unspecified atom stereocenters. The third kappa shape index (κ3) is 2.06. The number of hydrogen-bond donors (Lipinski definition) is 1. The third-order valence-electron chi connectivity index (χ3n) is 3.14. The molecule has 20 heavy (non-hydrogen) atoms. The summed E-state index contributed by atoms with van der Waals surface area (Å²) in [7, 11) is 0. The van der Waals surface area contributed by atoms with E-state index in [1.165, 1.54) is 28.8 Å². The molecule has 3 aromatic rings. The Morgan fingerprint density at radius 2 is 1.85 bits per heavy atom. The van der Waals surface area contributed by atoms with Gasteiger partial charge in [0.25, 0.3) is 5.56 Å². The molecular weight excluding hydrogens is 275 g/mol. The van der Waals surface area contributed by atoms with Gasteiger partial charge in [-0.05, 0) is 61.1 Å². The summed E-state index contributed by atoms with van der Waals surface area (Å²) in [5, 5.41) is 0.550. The SMILES string of the molecule is Cc1ccc2c(=O)n(-c3ccc(F)cc3)c(=S)[nH]c2c1. The molecule has 0 radical (unpaired) electrons. The Hall–Kier alpha value is -2.27. The second-order valence-electron chi connectivity index (χ2n) is 4.60. The fourth-order valence-corrected chi connectivity index (χ4v) is 2.45. The summed E-state index contributed by atoms with van der Waals surface area (Å²) in [6.45, 7) is 1.95. The fourth-order valence-electron chi connectivity index (χ4n) is 2.16. The van der Waals surface area contributed by atoms with Gasteiger partial charge >= 0.3 is 0 Å². The second-order valence-corrected chi connectivity index (χ2v) is 4.98. The van der Waals surface area contributed by atoms with Gasteiger partial charge in [-0.15, -0.1) is 0 Å². The van der Waals surface area contributed by atoms with E-state index in [0.717, 1.165) is 5.56 Å². The maximum Gasteiger partial charge on any atom is 0.266 e. The highest BCUT2D eigenvalue weighted by molar-refractivity contribution is 7.71. The lowest BCUT2D eigenvalue weighted by Gasteiger charge is -2.08. The monoisotopic (exact) mass is 286 g/mol. The molecule has 0 amide bonds. The molecular formula is C15H11FN2OS. The highest BCUT2D eigenvalue weighted by Gasteiger charge is 2.07. The van der Waals surface area contributed by atoms with Crippen molar-refractivity contribution in [2.24, 2.45) is 0 Å². The second kappa shape index (κ2) is 4.68. The van der Waals surface area contributed by atoms with Crippen LogP contribution in [0, 0.1) is 17.5 Å². The van der Waals surface area contributed by atoms with E-state index in [1.807, 2.05) is 19.1 Å². The summed E-state index contributed by atoms with van der Waals surface area (Å²) in [6.07, 6.45) is 0. The standard InChI is InChI=1S/C15H11FN2OS/c1-9-2-7-12-13(8-9)17-15(20)18(14(12)19)11-5-3-10(16)4-6-11/h2-8H,1H3,(H,17,20). The molecule has 0 aliphatic heterocycles. The van der Waals surface area contributed by atoms with Crippen molar-refractivity contribution in [1.82, 2.24) is 9.55 Å². The number of aromatic amines is 1. The van der Waals surface area contributed by atoms with Crippen LogP contribution in [-0.4, -0.2) is 9.55 Å². The van der Waals surface area contributed by atoms with Gasteiger partial charge in [-0.2, -0.15) is 0 Å². The summed E-state index contributed by atoms with van der Waals surface area (Å²) < 4.78 is 14.6. The molecule has 0 spiro atoms. The first kappa shape index (κ1) is 12.7. The van der Waals surface area contributed by atoms with Crippen LogP contribution in [0.3, 0.4) is 0 Å². The summed E-state index contributed by atoms with van der Waals surface area (Å²) >= 11 is 5.24. The van der Waals surface area contributed by atoms with Crippen molar-refractivity contribution in [2.45, 2.75) is 6.92 Å². The van der Waals surface area contributed by atoms with Crippen molar-refractivity contribution < 1.29 is 4.39 Å². The Balaban J connectivity index is 2.37. The number of H-pyrrole nitrogens is 1. The number of hydrogen-bond acceptors (Lipinski definition) is 2. The van der Waals surface area contributed by atoms with E-state index in [2.05, 4.69) is 4.98 Å². The number of benzene rings is 2. The molecule has 0 saturated carbocycles. The van der Waals surface area contributed by atoms with Crippen LogP contribution in [-0.2, 0) is 0 Å². The Bertz CT molecular complexity index is 910. The van der Waals surface area contributed by atoms with Crippen LogP contribution in [0.15, 0.2) is 47.3 Å². The summed E-state index contributed by atoms with van der Waals surface area (Å²) in [5.41, 5.74) is 2.08. The van der Waals surface area contributed by atoms with Crippen molar-refractivity contribution in [3.05, 3.63) is 69.0 Å². The van der Waals surface area contributed by atoms with Gasteiger partial charge in [0.05, 0.1) is 16.6 Å². The van der Waals surface area contributed by atoms with Gasteiger partial charge in [0.1, 0.15) is 5.82 Å². The van der Waals surface area contributed by atoms with Crippen LogP contribution in [0.1, 0.15) is 5.56 Å². The molecule has 1 heterocycles. The number of halogens is 1. The normalized spacial score (nSPS) is 10.9. The minimum Gasteiger partial charge on any atom is -0.331 e. The molecule has 0 atom stereocenters. The zero-order valence-corrected chi connectivity index (χ0v) is 11.5. The summed E-state index contributed by atoms with van der Waals surface area (Å²) in [4.78, 5) is 15.6. The van der Waals surface area contributed by atoms with Gasteiger partial charge in [-0.3, -0.25) is 9.36 Å². The molecule has 2 aromatic carbocycles. The van der Waals surface area contributed by atoms with Crippen molar-refractivity contribution in [1.29, 1.82) is 0 Å². The molecule has 0 fully saturated rings. The maximum absolute atomic E-state index is 13.0. The minimum atomic E-state index is -0.354. The van der Waals surface area contributed by atoms with E-state index in [9.17, 15) is 9.18 Å². The lowest BCUT2D eigenvalue weighted by molar-refractivity contribution is 0.627. The van der Waals surface area contributed by atoms with Gasteiger partial charge in [0.15, 0.2) is 4.77 Å². The van der Waals surface area contributed by atoms with Crippen LogP contribution >= 0.6 is 12.2 Å². The molecule has 100 valence electrons. The van der Waals surface area contributed by atoms with Gasteiger partial charge in [-0.25, -0.2) is 4.39 Å². The molecule has 0 bridgehead atoms. The van der Waals surface area contributed by atoms with Crippen molar-refractivity contribution >= 4 is 23.1 Å². The Morgan fingerprint density at radius 3 is 2.55 bits per heavy atom. The smallest absolute Gasteiger partial charge is 0.266 e. The first-order chi connectivity index (χ1) is 9.56. The molecule has 0 aliphatic carbocycles. The van der Waals surface area contributed by atoms with E-state index in [0.29, 0.717) is 21.4 Å². The zero-order chi connectivity index (χ0) is 14.3. The van der Waals surface area contributed by atoms with Gasteiger partial charge in [0.2, 0.25) is 0 Å². The van der Waals surface area contributed by atoms with E-state index >= 15 is 0 Å². The van der Waals surface area contributed by atoms with Crippen molar-refractivity contribution in [3.63, 3.8) is 0 Å². The van der Waals surface area contributed by atoms with Crippen molar-refractivity contribution in [2.75, 3.05) is 0 Å². The predicted octanol–water partition coefficient (Wildman–Crippen LogP) is 3.50. The van der Waals surface area contributed by atoms with Crippen LogP contribution in [0.5, 0.6) is 0 Å². The number of nitrogens with zero attached hydrogens (tertiary/aromatic N) is 1. The molecule has 0 aliphatic rings. The van der Waals surface area contributed by atoms with Gasteiger partial charge in [0, 0.05) is 0 Å². The number of rotatable bonds is 1. The quantitative estimate of drug-likeness (QED) is 0.695. The van der Waals surface area contributed by atoms with Crippen LogP contribution in [0.25, 0.3) is 16.6 Å². The summed E-state index contributed by atoms with van der Waals surface area (Å²) in [5.74, 6) is -0.354. The zero-order valence-electron chi connectivity index (χ0n) is 10.7. The highest BCUT2D eigenvalue weighted by Crippen LogP contribution is 2.13.